The third-order valence-corrected chi connectivity index (χ3v) is 2.18. The summed E-state index contributed by atoms with van der Waals surface area (Å²) in [5.41, 5.74) is 1.20. The summed E-state index contributed by atoms with van der Waals surface area (Å²) in [5.74, 6) is 0. The normalized spacial score (nSPS) is 10.9. The molecule has 0 aliphatic rings. The molecule has 0 N–H and O–H groups in total. The number of benzene rings is 1. The molecule has 0 heterocycles. The summed E-state index contributed by atoms with van der Waals surface area (Å²) in [6.45, 7) is 3.20. The van der Waals surface area contributed by atoms with E-state index in [1.165, 1.54) is 31.2 Å². The van der Waals surface area contributed by atoms with Gasteiger partial charge in [-0.05, 0) is 12.0 Å². The quantitative estimate of drug-likeness (QED) is 0.478. The van der Waals surface area contributed by atoms with Gasteiger partial charge < -0.3 is 0 Å². The highest BCUT2D eigenvalue weighted by Crippen LogP contribution is 1.99. The smallest absolute Gasteiger partial charge is 0.0389 e. The van der Waals surface area contributed by atoms with Crippen LogP contribution in [0, 0.1) is 0 Å². The fourth-order valence-electron chi connectivity index (χ4n) is 1.34. The number of rotatable bonds is 6. The lowest BCUT2D eigenvalue weighted by Crippen LogP contribution is -1.84. The largest absolute Gasteiger partial charge is 0.293 e. The van der Waals surface area contributed by atoms with Gasteiger partial charge in [-0.3, -0.25) is 4.99 Å². The van der Waals surface area contributed by atoms with Crippen molar-refractivity contribution in [2.24, 2.45) is 4.99 Å². The van der Waals surface area contributed by atoms with Crippen LogP contribution in [0.25, 0.3) is 0 Å². The SMILES string of the molecule is CCCCCCN=Cc1ccccc1. The maximum atomic E-state index is 4.39. The van der Waals surface area contributed by atoms with Crippen molar-refractivity contribution in [1.82, 2.24) is 0 Å². The monoisotopic (exact) mass is 189 g/mol. The first-order valence-corrected chi connectivity index (χ1v) is 5.48. The highest BCUT2D eigenvalue weighted by molar-refractivity contribution is 5.79. The van der Waals surface area contributed by atoms with Gasteiger partial charge in [-0.25, -0.2) is 0 Å². The fourth-order valence-corrected chi connectivity index (χ4v) is 1.34. The molecule has 1 nitrogen and oxygen atoms in total. The molecule has 0 aliphatic carbocycles. The predicted octanol–water partition coefficient (Wildman–Crippen LogP) is 3.69. The van der Waals surface area contributed by atoms with Gasteiger partial charge in [-0.1, -0.05) is 56.5 Å². The summed E-state index contributed by atoms with van der Waals surface area (Å²) in [4.78, 5) is 4.39. The Balaban J connectivity index is 2.15. The summed E-state index contributed by atoms with van der Waals surface area (Å²) >= 11 is 0. The minimum atomic E-state index is 0.967. The molecule has 1 rings (SSSR count). The van der Waals surface area contributed by atoms with E-state index < -0.39 is 0 Å². The average molecular weight is 189 g/mol. The topological polar surface area (TPSA) is 12.4 Å². The average Bonchev–Trinajstić information content (AvgIpc) is 2.25. The highest BCUT2D eigenvalue weighted by atomic mass is 14.7. The van der Waals surface area contributed by atoms with Crippen LogP contribution in [0.3, 0.4) is 0 Å². The molecule has 76 valence electrons. The number of aliphatic imine (C=N–C) groups is 1. The molecule has 0 aliphatic heterocycles. The Morgan fingerprint density at radius 2 is 1.86 bits per heavy atom. The Labute approximate surface area is 86.9 Å². The number of nitrogens with zero attached hydrogens (tertiary/aromatic N) is 1. The molecule has 0 spiro atoms. The van der Waals surface area contributed by atoms with E-state index in [1.54, 1.807) is 0 Å². The van der Waals surface area contributed by atoms with Gasteiger partial charge in [-0.15, -0.1) is 0 Å². The van der Waals surface area contributed by atoms with Crippen LogP contribution in [0.1, 0.15) is 38.2 Å². The van der Waals surface area contributed by atoms with Crippen LogP contribution in [0.5, 0.6) is 0 Å². The van der Waals surface area contributed by atoms with Crippen molar-refractivity contribution in [3.05, 3.63) is 35.9 Å². The first kappa shape index (κ1) is 11.0. The number of hydrogen-bond donors (Lipinski definition) is 0. The summed E-state index contributed by atoms with van der Waals surface area (Å²) in [6.07, 6.45) is 7.12. The lowest BCUT2D eigenvalue weighted by Gasteiger charge is -1.94. The predicted molar refractivity (Wildman–Crippen MR) is 63.0 cm³/mol. The van der Waals surface area contributed by atoms with Crippen LogP contribution in [0.2, 0.25) is 0 Å². The van der Waals surface area contributed by atoms with Gasteiger partial charge >= 0.3 is 0 Å². The molecule has 1 aromatic carbocycles. The van der Waals surface area contributed by atoms with E-state index in [9.17, 15) is 0 Å². The standard InChI is InChI=1S/C13H19N/c1-2-3-4-8-11-14-12-13-9-6-5-7-10-13/h5-7,9-10,12H,2-4,8,11H2,1H3. The Bertz CT molecular complexity index is 251. The van der Waals surface area contributed by atoms with E-state index in [-0.39, 0.29) is 0 Å². The Hall–Kier alpha value is -1.11. The van der Waals surface area contributed by atoms with Gasteiger partial charge in [-0.2, -0.15) is 0 Å². The first-order valence-electron chi connectivity index (χ1n) is 5.48. The number of hydrogen-bond acceptors (Lipinski definition) is 1. The van der Waals surface area contributed by atoms with Crippen molar-refractivity contribution in [3.63, 3.8) is 0 Å². The molecular weight excluding hydrogens is 170 g/mol. The maximum absolute atomic E-state index is 4.39. The zero-order valence-electron chi connectivity index (χ0n) is 8.95. The molecule has 0 aromatic heterocycles. The molecule has 0 unspecified atom stereocenters. The van der Waals surface area contributed by atoms with Gasteiger partial charge in [0, 0.05) is 12.8 Å². The van der Waals surface area contributed by atoms with Crippen molar-refractivity contribution in [2.45, 2.75) is 32.6 Å². The van der Waals surface area contributed by atoms with Crippen molar-refractivity contribution in [1.29, 1.82) is 0 Å². The molecule has 0 saturated carbocycles. The molecule has 0 fully saturated rings. The molecule has 0 atom stereocenters. The van der Waals surface area contributed by atoms with E-state index in [4.69, 9.17) is 0 Å². The maximum Gasteiger partial charge on any atom is 0.0389 e. The second kappa shape index (κ2) is 7.31. The second-order valence-electron chi connectivity index (χ2n) is 3.51. The molecule has 14 heavy (non-hydrogen) atoms. The Morgan fingerprint density at radius 3 is 2.57 bits per heavy atom. The summed E-state index contributed by atoms with van der Waals surface area (Å²) < 4.78 is 0. The molecule has 1 heteroatoms. The molecular formula is C13H19N. The van der Waals surface area contributed by atoms with Gasteiger partial charge in [0.05, 0.1) is 0 Å². The zero-order chi connectivity index (χ0) is 10.1. The number of unbranched alkanes of at least 4 members (excludes halogenated alkanes) is 3. The Kier molecular flexibility index (Phi) is 5.73. The van der Waals surface area contributed by atoms with Gasteiger partial charge in [0.15, 0.2) is 0 Å². The van der Waals surface area contributed by atoms with Crippen molar-refractivity contribution >= 4 is 6.21 Å². The zero-order valence-corrected chi connectivity index (χ0v) is 8.95. The third kappa shape index (κ3) is 4.80. The molecule has 1 aromatic rings. The fraction of sp³-hybridized carbons (Fsp3) is 0.462. The van der Waals surface area contributed by atoms with Gasteiger partial charge in [0.25, 0.3) is 0 Å². The molecule has 0 saturated heterocycles. The molecule has 0 bridgehead atoms. The van der Waals surface area contributed by atoms with Gasteiger partial charge in [0.1, 0.15) is 0 Å². The van der Waals surface area contributed by atoms with E-state index in [0.717, 1.165) is 6.54 Å². The molecule has 0 radical (unpaired) electrons. The lowest BCUT2D eigenvalue weighted by molar-refractivity contribution is 0.676. The van der Waals surface area contributed by atoms with Crippen LogP contribution < -0.4 is 0 Å². The van der Waals surface area contributed by atoms with E-state index in [2.05, 4.69) is 24.0 Å². The van der Waals surface area contributed by atoms with Crippen molar-refractivity contribution in [3.8, 4) is 0 Å². The minimum absolute atomic E-state index is 0.967. The van der Waals surface area contributed by atoms with E-state index >= 15 is 0 Å². The van der Waals surface area contributed by atoms with Crippen LogP contribution in [0.4, 0.5) is 0 Å². The first-order chi connectivity index (χ1) is 6.93. The van der Waals surface area contributed by atoms with Crippen molar-refractivity contribution in [2.75, 3.05) is 6.54 Å². The highest BCUT2D eigenvalue weighted by Gasteiger charge is 1.86. The van der Waals surface area contributed by atoms with Gasteiger partial charge in [0.2, 0.25) is 0 Å². The van der Waals surface area contributed by atoms with E-state index in [1.807, 2.05) is 24.4 Å². The minimum Gasteiger partial charge on any atom is -0.293 e. The van der Waals surface area contributed by atoms with Crippen LogP contribution in [0.15, 0.2) is 35.3 Å². The summed E-state index contributed by atoms with van der Waals surface area (Å²) in [6, 6.07) is 10.3. The third-order valence-electron chi connectivity index (χ3n) is 2.18. The second-order valence-corrected chi connectivity index (χ2v) is 3.51. The van der Waals surface area contributed by atoms with Crippen LogP contribution in [-0.2, 0) is 0 Å². The summed E-state index contributed by atoms with van der Waals surface area (Å²) in [7, 11) is 0. The van der Waals surface area contributed by atoms with Crippen LogP contribution >= 0.6 is 0 Å². The molecule has 0 amide bonds. The lowest BCUT2D eigenvalue weighted by atomic mass is 10.2. The van der Waals surface area contributed by atoms with Crippen LogP contribution in [-0.4, -0.2) is 12.8 Å². The summed E-state index contributed by atoms with van der Waals surface area (Å²) in [5, 5.41) is 0. The Morgan fingerprint density at radius 1 is 1.07 bits per heavy atom. The van der Waals surface area contributed by atoms with Crippen molar-refractivity contribution < 1.29 is 0 Å². The van der Waals surface area contributed by atoms with E-state index in [0.29, 0.717) is 0 Å².